The molecular formula is C46H92N2O6P+. The third kappa shape index (κ3) is 41.0. The molecule has 0 bridgehead atoms. The van der Waals surface area contributed by atoms with Crippen LogP contribution in [0.25, 0.3) is 0 Å². The van der Waals surface area contributed by atoms with Gasteiger partial charge < -0.3 is 19.8 Å². The Bertz CT molecular complexity index is 953. The Morgan fingerprint density at radius 2 is 1.05 bits per heavy atom. The molecule has 0 radical (unpaired) electrons. The van der Waals surface area contributed by atoms with E-state index in [0.29, 0.717) is 23.9 Å². The van der Waals surface area contributed by atoms with Crippen LogP contribution >= 0.6 is 7.82 Å². The van der Waals surface area contributed by atoms with Gasteiger partial charge in [0.1, 0.15) is 13.2 Å². The number of phosphoric acid groups is 1. The first-order valence-corrected chi connectivity index (χ1v) is 24.7. The molecule has 326 valence electrons. The maximum Gasteiger partial charge on any atom is 0.472 e. The van der Waals surface area contributed by atoms with E-state index < -0.39 is 20.0 Å². The quantitative estimate of drug-likeness (QED) is 0.0246. The lowest BCUT2D eigenvalue weighted by atomic mass is 10.0. The van der Waals surface area contributed by atoms with Gasteiger partial charge in [0.2, 0.25) is 5.91 Å². The fourth-order valence-corrected chi connectivity index (χ4v) is 7.45. The van der Waals surface area contributed by atoms with Crippen LogP contribution in [0.2, 0.25) is 0 Å². The van der Waals surface area contributed by atoms with E-state index >= 15 is 0 Å². The van der Waals surface area contributed by atoms with Crippen molar-refractivity contribution in [2.45, 2.75) is 225 Å². The Balaban J connectivity index is 4.33. The van der Waals surface area contributed by atoms with Crippen LogP contribution < -0.4 is 5.32 Å². The Kier molecular flexibility index (Phi) is 37.8. The minimum absolute atomic E-state index is 0.0724. The van der Waals surface area contributed by atoms with Gasteiger partial charge in [-0.2, -0.15) is 0 Å². The van der Waals surface area contributed by atoms with Gasteiger partial charge in [0.15, 0.2) is 0 Å². The van der Waals surface area contributed by atoms with E-state index in [9.17, 15) is 19.4 Å². The second kappa shape index (κ2) is 38.5. The molecule has 0 aromatic heterocycles. The number of carbonyl (C=O) groups is 1. The standard InChI is InChI=1S/C46H91N2O6P/c1-6-8-10-12-14-16-18-20-22-23-24-25-26-27-29-31-33-35-37-39-45(49)44(43-54-55(51,52)53-42-41-48(3,4)5)47-46(50)40-38-36-34-32-30-28-21-19-17-15-13-11-9-7-2/h13,15,19,21,44-45,49H,6-12,14,16-18,20,22-43H2,1-5H3,(H-,47,50,51,52)/p+1/b15-13-,21-19-. The molecule has 1 amide bonds. The van der Waals surface area contributed by atoms with Crippen LogP contribution in [-0.2, 0) is 18.4 Å². The summed E-state index contributed by atoms with van der Waals surface area (Å²) in [6, 6.07) is -0.765. The number of phosphoric ester groups is 1. The highest BCUT2D eigenvalue weighted by atomic mass is 31.2. The number of hydrogen-bond donors (Lipinski definition) is 3. The molecule has 0 aromatic carbocycles. The first-order valence-electron chi connectivity index (χ1n) is 23.2. The molecule has 0 aliphatic heterocycles. The van der Waals surface area contributed by atoms with Gasteiger partial charge in [0.05, 0.1) is 39.9 Å². The number of allylic oxidation sites excluding steroid dienone is 4. The lowest BCUT2D eigenvalue weighted by molar-refractivity contribution is -0.870. The fourth-order valence-electron chi connectivity index (χ4n) is 6.71. The fraction of sp³-hybridized carbons (Fsp3) is 0.891. The third-order valence-corrected chi connectivity index (χ3v) is 11.4. The molecule has 0 heterocycles. The van der Waals surface area contributed by atoms with Crippen LogP contribution in [0.4, 0.5) is 0 Å². The second-order valence-corrected chi connectivity index (χ2v) is 18.6. The van der Waals surface area contributed by atoms with Crippen molar-refractivity contribution < 1.29 is 32.9 Å². The number of nitrogens with one attached hydrogen (secondary N) is 1. The molecule has 3 unspecified atom stereocenters. The minimum atomic E-state index is -4.32. The zero-order chi connectivity index (χ0) is 40.7. The molecule has 3 N–H and O–H groups in total. The van der Waals surface area contributed by atoms with Gasteiger partial charge in [-0.15, -0.1) is 0 Å². The number of rotatable bonds is 42. The zero-order valence-corrected chi connectivity index (χ0v) is 37.8. The molecular weight excluding hydrogens is 707 g/mol. The number of aliphatic hydroxyl groups is 1. The van der Waals surface area contributed by atoms with Gasteiger partial charge in [0.25, 0.3) is 0 Å². The number of aliphatic hydroxyl groups excluding tert-OH is 1. The molecule has 3 atom stereocenters. The molecule has 0 saturated carbocycles. The predicted octanol–water partition coefficient (Wildman–Crippen LogP) is 12.9. The van der Waals surface area contributed by atoms with Crippen molar-refractivity contribution in [3.05, 3.63) is 24.3 Å². The SMILES string of the molecule is CCCC/C=C\C/C=C\CCCCCCCC(=O)NC(COP(=O)(O)OCC[N+](C)(C)C)C(O)CCCCCCCCCCCCCCCCCCCCC. The first kappa shape index (κ1) is 54.0. The summed E-state index contributed by atoms with van der Waals surface area (Å²) in [6.45, 7) is 4.84. The van der Waals surface area contributed by atoms with E-state index in [1.54, 1.807) is 0 Å². The molecule has 0 aromatic rings. The number of carbonyl (C=O) groups excluding carboxylic acids is 1. The molecule has 55 heavy (non-hydrogen) atoms. The van der Waals surface area contributed by atoms with Crippen molar-refractivity contribution in [1.82, 2.24) is 5.32 Å². The molecule has 0 aliphatic carbocycles. The van der Waals surface area contributed by atoms with Crippen LogP contribution in [-0.4, -0.2) is 73.4 Å². The van der Waals surface area contributed by atoms with Crippen LogP contribution in [0.3, 0.4) is 0 Å². The third-order valence-electron chi connectivity index (χ3n) is 10.5. The summed E-state index contributed by atoms with van der Waals surface area (Å²) < 4.78 is 23.6. The normalized spacial score (nSPS) is 14.5. The van der Waals surface area contributed by atoms with Gasteiger partial charge in [-0.25, -0.2) is 4.57 Å². The highest BCUT2D eigenvalue weighted by Crippen LogP contribution is 2.43. The predicted molar refractivity (Wildman–Crippen MR) is 235 cm³/mol. The molecule has 0 spiro atoms. The van der Waals surface area contributed by atoms with E-state index in [-0.39, 0.29) is 19.1 Å². The Morgan fingerprint density at radius 3 is 1.55 bits per heavy atom. The van der Waals surface area contributed by atoms with E-state index in [2.05, 4.69) is 43.5 Å². The van der Waals surface area contributed by atoms with Crippen LogP contribution in [0, 0.1) is 0 Å². The average molecular weight is 800 g/mol. The van der Waals surface area contributed by atoms with Crippen molar-refractivity contribution >= 4 is 13.7 Å². The number of nitrogens with zero attached hydrogens (tertiary/aromatic N) is 1. The van der Waals surface area contributed by atoms with Crippen molar-refractivity contribution in [3.63, 3.8) is 0 Å². The summed E-state index contributed by atoms with van der Waals surface area (Å²) in [5, 5.41) is 14.0. The highest BCUT2D eigenvalue weighted by Gasteiger charge is 2.28. The zero-order valence-electron chi connectivity index (χ0n) is 36.9. The van der Waals surface area contributed by atoms with Crippen LogP contribution in [0.1, 0.15) is 213 Å². The Morgan fingerprint density at radius 1 is 0.618 bits per heavy atom. The van der Waals surface area contributed by atoms with E-state index in [4.69, 9.17) is 9.05 Å². The molecule has 0 rings (SSSR count). The van der Waals surface area contributed by atoms with Gasteiger partial charge in [-0.1, -0.05) is 192 Å². The number of likely N-dealkylation sites (N-methyl/N-ethyl adjacent to an activating group) is 1. The summed E-state index contributed by atoms with van der Waals surface area (Å²) in [5.74, 6) is -0.158. The largest absolute Gasteiger partial charge is 0.472 e. The summed E-state index contributed by atoms with van der Waals surface area (Å²) in [7, 11) is 1.61. The summed E-state index contributed by atoms with van der Waals surface area (Å²) in [4.78, 5) is 23.1. The smallest absolute Gasteiger partial charge is 0.391 e. The van der Waals surface area contributed by atoms with Crippen molar-refractivity contribution in [3.8, 4) is 0 Å². The minimum Gasteiger partial charge on any atom is -0.391 e. The summed E-state index contributed by atoms with van der Waals surface area (Å²) in [6.07, 6.45) is 44.9. The number of quaternary nitrogens is 1. The van der Waals surface area contributed by atoms with Crippen molar-refractivity contribution in [2.24, 2.45) is 0 Å². The lowest BCUT2D eigenvalue weighted by Crippen LogP contribution is -2.46. The molecule has 0 saturated heterocycles. The molecule has 8 nitrogen and oxygen atoms in total. The van der Waals surface area contributed by atoms with Crippen LogP contribution in [0.5, 0.6) is 0 Å². The second-order valence-electron chi connectivity index (χ2n) is 17.1. The van der Waals surface area contributed by atoms with Crippen LogP contribution in [0.15, 0.2) is 24.3 Å². The number of hydrogen-bond acceptors (Lipinski definition) is 5. The molecule has 0 aliphatic rings. The number of unbranched alkanes of at least 4 members (excludes halogenated alkanes) is 25. The van der Waals surface area contributed by atoms with Crippen molar-refractivity contribution in [1.29, 1.82) is 0 Å². The Labute approximate surface area is 341 Å². The van der Waals surface area contributed by atoms with E-state index in [1.807, 2.05) is 21.1 Å². The summed E-state index contributed by atoms with van der Waals surface area (Å²) in [5.41, 5.74) is 0. The number of amides is 1. The van der Waals surface area contributed by atoms with E-state index in [1.165, 1.54) is 122 Å². The van der Waals surface area contributed by atoms with Crippen molar-refractivity contribution in [2.75, 3.05) is 40.9 Å². The maximum atomic E-state index is 12.9. The monoisotopic (exact) mass is 800 g/mol. The van der Waals surface area contributed by atoms with Gasteiger partial charge in [0, 0.05) is 6.42 Å². The first-order chi connectivity index (χ1) is 26.5. The van der Waals surface area contributed by atoms with E-state index in [0.717, 1.165) is 64.2 Å². The average Bonchev–Trinajstić information content (AvgIpc) is 3.13. The maximum absolute atomic E-state index is 12.9. The van der Waals surface area contributed by atoms with Gasteiger partial charge in [-0.3, -0.25) is 13.8 Å². The topological polar surface area (TPSA) is 105 Å². The van der Waals surface area contributed by atoms with Gasteiger partial charge in [-0.05, 0) is 38.5 Å². The van der Waals surface area contributed by atoms with Gasteiger partial charge >= 0.3 is 7.82 Å². The highest BCUT2D eigenvalue weighted by molar-refractivity contribution is 7.47. The molecule has 0 fully saturated rings. The Hall–Kier alpha value is -1.02. The summed E-state index contributed by atoms with van der Waals surface area (Å²) >= 11 is 0. The lowest BCUT2D eigenvalue weighted by Gasteiger charge is -2.26. The molecule has 9 heteroatoms.